The summed E-state index contributed by atoms with van der Waals surface area (Å²) >= 11 is 0. The SMILES string of the molecule is CC[C@H]1C[C@H](C)[C@@]2(NC1=O)O[C@@H](C[C@H](O)[C@@H](C)CCC(O)C/C=C(\C)[C@@H]1C/C=C/C=C/[C@H](O)[C@H](C)[C@@H](O)[C@@H](CCC(C)=O)C(=O)N[C@@H](C(C)C)C(=O)N[C@@H](Cc3cccc(O)c3)C(=O)N3CCCC(N3)C(=O)O1)[C@H](C)[C@H](O)[C@@H]2C. The molecule has 2 bridgehead atoms. The lowest BCUT2D eigenvalue weighted by atomic mass is 9.69. The maximum Gasteiger partial charge on any atom is 0.325 e. The fraction of sp³-hybridized carbons (Fsp3) is 0.700. The lowest BCUT2D eigenvalue weighted by Crippen LogP contribution is -2.71. The van der Waals surface area contributed by atoms with Crippen molar-refractivity contribution in [3.63, 3.8) is 0 Å². The van der Waals surface area contributed by atoms with Crippen LogP contribution in [0.5, 0.6) is 5.75 Å². The molecule has 3 saturated heterocycles. The molecule has 4 aliphatic rings. The van der Waals surface area contributed by atoms with E-state index in [4.69, 9.17) is 9.47 Å². The number of nitrogens with one attached hydrogen (secondary N) is 4. The van der Waals surface area contributed by atoms with Crippen LogP contribution < -0.4 is 21.4 Å². The van der Waals surface area contributed by atoms with E-state index in [0.29, 0.717) is 49.7 Å². The monoisotopic (exact) mass is 1110 g/mol. The molecule has 1 spiro atoms. The predicted octanol–water partition coefficient (Wildman–Crippen LogP) is 4.60. The number of amides is 4. The summed E-state index contributed by atoms with van der Waals surface area (Å²) in [5, 5.41) is 77.4. The molecule has 442 valence electrons. The number of phenols is 1. The maximum absolute atomic E-state index is 14.5. The number of benzene rings is 1. The summed E-state index contributed by atoms with van der Waals surface area (Å²) in [7, 11) is 0. The number of ether oxygens (including phenoxy) is 2. The molecule has 1 aromatic carbocycles. The van der Waals surface area contributed by atoms with Crippen LogP contribution in [0.15, 0.2) is 60.2 Å². The van der Waals surface area contributed by atoms with Gasteiger partial charge in [-0.3, -0.25) is 29.0 Å². The highest BCUT2D eigenvalue weighted by molar-refractivity contribution is 5.93. The third kappa shape index (κ3) is 17.3. The number of carbonyl (C=O) groups is 6. The van der Waals surface area contributed by atoms with Crippen LogP contribution in [0.25, 0.3) is 0 Å². The molecule has 10 N–H and O–H groups in total. The highest BCUT2D eigenvalue weighted by Crippen LogP contribution is 2.46. The molecule has 3 fully saturated rings. The summed E-state index contributed by atoms with van der Waals surface area (Å²) < 4.78 is 12.9. The van der Waals surface area contributed by atoms with Gasteiger partial charge in [-0.25, -0.2) is 5.43 Å². The Morgan fingerprint density at radius 3 is 2.32 bits per heavy atom. The number of fused-ring (bicyclic) bond motifs is 2. The number of allylic oxidation sites excluding steroid dienone is 2. The zero-order chi connectivity index (χ0) is 58.5. The molecule has 19 nitrogen and oxygen atoms in total. The smallest absolute Gasteiger partial charge is 0.325 e. The molecule has 18 atom stereocenters. The van der Waals surface area contributed by atoms with Gasteiger partial charge >= 0.3 is 5.97 Å². The lowest BCUT2D eigenvalue weighted by molar-refractivity contribution is -0.267. The number of hydrazine groups is 1. The molecule has 4 amide bonds. The first-order valence-electron chi connectivity index (χ1n) is 28.8. The molecule has 0 aliphatic carbocycles. The van der Waals surface area contributed by atoms with E-state index in [0.717, 1.165) is 0 Å². The van der Waals surface area contributed by atoms with E-state index in [1.54, 1.807) is 64.1 Å². The van der Waals surface area contributed by atoms with Crippen molar-refractivity contribution in [2.24, 2.45) is 47.3 Å². The number of Topliss-reactive ketones (excluding diaryl/α,β-unsaturated/α-hetero) is 1. The Morgan fingerprint density at radius 2 is 1.65 bits per heavy atom. The number of ketones is 1. The van der Waals surface area contributed by atoms with Crippen LogP contribution in [0.2, 0.25) is 0 Å². The van der Waals surface area contributed by atoms with Gasteiger partial charge in [0.25, 0.3) is 5.91 Å². The first-order chi connectivity index (χ1) is 37.3. The zero-order valence-corrected chi connectivity index (χ0v) is 48.2. The van der Waals surface area contributed by atoms with Gasteiger partial charge in [0.15, 0.2) is 0 Å². The van der Waals surface area contributed by atoms with E-state index in [1.807, 2.05) is 34.6 Å². The molecule has 4 aliphatic heterocycles. The standard InChI is InChI=1S/C60H93N5O14/c1-11-42-29-36(6)60(63-55(42)73)40(10)53(71)39(9)51(79-60)32-49(70)34(4)22-25-43(67)26-23-35(5)50-21-14-12-13-20-48(69)38(8)54(72)45(27-24-37(7)66)56(74)62-52(33(2)3)57(75)61-47(31-41-17-15-18-44(68)30-41)58(76)65-28-16-19-46(64-65)59(77)78-50/h12-15,17-18,20,23,30,33-34,36,38-40,42-43,45-54,64,67-72H,11,16,19,21-22,24-29,31-32H2,1-10H3,(H,61,75)(H,62,74)(H,63,73)/b14-12+,20-13+,35-23+/t34-,36-,38-,39-,40-,42-,43?,45+,46?,47-,48-,49-,50-,51-,52-,53-,54+,60+/m0/s1. The number of aliphatic hydroxyl groups excluding tert-OH is 5. The van der Waals surface area contributed by atoms with E-state index in [9.17, 15) is 59.4 Å². The molecule has 0 radical (unpaired) electrons. The summed E-state index contributed by atoms with van der Waals surface area (Å²) in [5.74, 6) is -6.74. The first kappa shape index (κ1) is 64.8. The van der Waals surface area contributed by atoms with Gasteiger partial charge < -0.3 is 60.9 Å². The minimum absolute atomic E-state index is 0.0476. The first-order valence-corrected chi connectivity index (χ1v) is 28.8. The van der Waals surface area contributed by atoms with Gasteiger partial charge in [0.05, 0.1) is 42.5 Å². The van der Waals surface area contributed by atoms with Gasteiger partial charge in [0.1, 0.15) is 41.5 Å². The Morgan fingerprint density at radius 1 is 0.924 bits per heavy atom. The van der Waals surface area contributed by atoms with Crippen molar-refractivity contribution < 1.29 is 68.9 Å². The van der Waals surface area contributed by atoms with Crippen LogP contribution >= 0.6 is 0 Å². The fourth-order valence-electron chi connectivity index (χ4n) is 11.6. The number of cyclic esters (lactones) is 1. The van der Waals surface area contributed by atoms with Crippen molar-refractivity contribution in [3.05, 3.63) is 65.8 Å². The van der Waals surface area contributed by atoms with Gasteiger partial charge in [0.2, 0.25) is 17.7 Å². The molecular weight excluding hydrogens is 1010 g/mol. The number of hydrogen-bond donors (Lipinski definition) is 10. The van der Waals surface area contributed by atoms with Crippen molar-refractivity contribution >= 4 is 35.4 Å². The molecule has 1 aromatic rings. The van der Waals surface area contributed by atoms with Crippen LogP contribution in [0, 0.1) is 47.3 Å². The van der Waals surface area contributed by atoms with Crippen LogP contribution in [0.1, 0.15) is 145 Å². The summed E-state index contributed by atoms with van der Waals surface area (Å²) in [6.07, 6.45) is 5.01. The Bertz CT molecular complexity index is 2330. The van der Waals surface area contributed by atoms with Crippen LogP contribution in [-0.2, 0) is 44.7 Å². The van der Waals surface area contributed by atoms with Crippen molar-refractivity contribution in [1.29, 1.82) is 0 Å². The molecule has 4 heterocycles. The average Bonchev–Trinajstić information content (AvgIpc) is 3.49. The number of aliphatic hydroxyl groups is 5. The van der Waals surface area contributed by atoms with E-state index >= 15 is 0 Å². The van der Waals surface area contributed by atoms with Gasteiger partial charge in [0, 0.05) is 61.8 Å². The molecule has 0 saturated carbocycles. The average molecular weight is 1110 g/mol. The third-order valence-corrected chi connectivity index (χ3v) is 17.3. The minimum Gasteiger partial charge on any atom is -0.508 e. The second kappa shape index (κ2) is 29.6. The Labute approximate surface area is 467 Å². The topological polar surface area (TPSA) is 294 Å². The van der Waals surface area contributed by atoms with Crippen LogP contribution in [-0.4, -0.2) is 144 Å². The number of piperidine rings is 1. The number of esters is 1. The van der Waals surface area contributed by atoms with E-state index in [2.05, 4.69) is 21.4 Å². The maximum atomic E-state index is 14.5. The summed E-state index contributed by atoms with van der Waals surface area (Å²) in [6, 6.07) is 2.79. The van der Waals surface area contributed by atoms with Crippen LogP contribution in [0.4, 0.5) is 0 Å². The van der Waals surface area contributed by atoms with Crippen LogP contribution in [0.3, 0.4) is 0 Å². The van der Waals surface area contributed by atoms with E-state index in [1.165, 1.54) is 30.1 Å². The Hall–Kier alpha value is -5.02. The van der Waals surface area contributed by atoms with E-state index in [-0.39, 0.29) is 92.1 Å². The second-order valence-electron chi connectivity index (χ2n) is 23.7. The Balaban J connectivity index is 1.34. The summed E-state index contributed by atoms with van der Waals surface area (Å²) in [4.78, 5) is 82.3. The molecule has 2 unspecified atom stereocenters. The lowest BCUT2D eigenvalue weighted by Gasteiger charge is -2.56. The largest absolute Gasteiger partial charge is 0.508 e. The zero-order valence-electron chi connectivity index (χ0n) is 48.2. The van der Waals surface area contributed by atoms with E-state index < -0.39 is 108 Å². The van der Waals surface area contributed by atoms with Crippen molar-refractivity contribution in [2.75, 3.05) is 6.54 Å². The van der Waals surface area contributed by atoms with Crippen molar-refractivity contribution in [1.82, 2.24) is 26.4 Å². The minimum atomic E-state index is -1.45. The normalized spacial score (nSPS) is 35.0. The molecule has 79 heavy (non-hydrogen) atoms. The Kier molecular flexibility index (Phi) is 24.3. The molecular formula is C60H93N5O14. The highest BCUT2D eigenvalue weighted by Gasteiger charge is 2.57. The van der Waals surface area contributed by atoms with Gasteiger partial charge in [-0.05, 0) is 100 Å². The van der Waals surface area contributed by atoms with Gasteiger partial charge in [-0.1, -0.05) is 97.9 Å². The summed E-state index contributed by atoms with van der Waals surface area (Å²) in [5.41, 5.74) is 3.13. The number of hydrogen-bond acceptors (Lipinski definition) is 15. The predicted molar refractivity (Wildman–Crippen MR) is 297 cm³/mol. The second-order valence-corrected chi connectivity index (χ2v) is 23.7. The third-order valence-electron chi connectivity index (χ3n) is 17.3. The number of nitrogens with zero attached hydrogens (tertiary/aromatic N) is 1. The molecule has 0 aromatic heterocycles. The van der Waals surface area contributed by atoms with Gasteiger partial charge in [-0.15, -0.1) is 0 Å². The molecule has 5 rings (SSSR count). The number of rotatable bonds is 16. The fourth-order valence-corrected chi connectivity index (χ4v) is 11.6. The number of carbonyl (C=O) groups excluding carboxylic acids is 6. The van der Waals surface area contributed by atoms with Crippen molar-refractivity contribution in [2.45, 2.75) is 213 Å². The number of aromatic hydroxyl groups is 1. The highest BCUT2D eigenvalue weighted by atomic mass is 16.5. The summed E-state index contributed by atoms with van der Waals surface area (Å²) in [6.45, 7) is 18.0. The number of phenolic OH excluding ortho intramolecular Hbond substituents is 1. The van der Waals surface area contributed by atoms with Crippen molar-refractivity contribution in [3.8, 4) is 5.75 Å². The molecule has 19 heteroatoms. The quantitative estimate of drug-likeness (QED) is 0.0800. The van der Waals surface area contributed by atoms with Gasteiger partial charge in [-0.2, -0.15) is 0 Å².